The van der Waals surface area contributed by atoms with Crippen LogP contribution < -0.4 is 16.8 Å². The molecule has 0 bridgehead atoms. The summed E-state index contributed by atoms with van der Waals surface area (Å²) < 4.78 is 6.18. The van der Waals surface area contributed by atoms with Crippen molar-refractivity contribution < 1.29 is 14.3 Å². The van der Waals surface area contributed by atoms with Crippen molar-refractivity contribution >= 4 is 49.1 Å². The lowest BCUT2D eigenvalue weighted by atomic mass is 9.47. The number of carbonyl (C=O) groups is 2. The van der Waals surface area contributed by atoms with Crippen LogP contribution in [0.25, 0.3) is 0 Å². The lowest BCUT2D eigenvalue weighted by Crippen LogP contribution is -2.51. The molecular weight excluding hydrogens is 835 g/mol. The minimum atomic E-state index is -0.247. The number of rotatable bonds is 26. The first-order valence-corrected chi connectivity index (χ1v) is 25.5. The number of fused-ring (bicyclic) bond motifs is 5. The van der Waals surface area contributed by atoms with E-state index >= 15 is 0 Å². The van der Waals surface area contributed by atoms with Crippen LogP contribution in [0.15, 0.2) is 11.6 Å². The third kappa shape index (κ3) is 15.2. The first kappa shape index (κ1) is 59.4. The minimum absolute atomic E-state index is 0. The van der Waals surface area contributed by atoms with E-state index in [1.807, 2.05) is 4.90 Å². The number of amides is 1. The van der Waals surface area contributed by atoms with Gasteiger partial charge in [-0.05, 0) is 174 Å². The maximum atomic E-state index is 13.6. The van der Waals surface area contributed by atoms with Crippen LogP contribution in [0.3, 0.4) is 0 Å². The molecule has 0 saturated heterocycles. The Balaban J connectivity index is 0.00000641. The van der Waals surface area contributed by atoms with Gasteiger partial charge in [0.1, 0.15) is 6.10 Å². The van der Waals surface area contributed by atoms with Gasteiger partial charge in [-0.1, -0.05) is 93.7 Å². The van der Waals surface area contributed by atoms with Crippen molar-refractivity contribution in [1.29, 1.82) is 0 Å². The van der Waals surface area contributed by atoms with E-state index in [-0.39, 0.29) is 71.7 Å². The molecule has 9 atom stereocenters. The second-order valence-electron chi connectivity index (χ2n) is 21.6. The molecule has 0 heterocycles. The van der Waals surface area contributed by atoms with Crippen molar-refractivity contribution in [2.45, 2.75) is 228 Å². The molecule has 4 aliphatic rings. The molecule has 5 N–H and O–H groups in total. The van der Waals surface area contributed by atoms with Crippen molar-refractivity contribution in [1.82, 2.24) is 10.2 Å². The zero-order valence-electron chi connectivity index (χ0n) is 41.6. The Morgan fingerprint density at radius 2 is 1.47 bits per heavy atom. The van der Waals surface area contributed by atoms with Gasteiger partial charge in [0.25, 0.3) is 0 Å². The maximum absolute atomic E-state index is 13.6. The number of halogens is 3. The molecular formula is C52H99Cl3N4O3. The normalized spacial score (nSPS) is 27.9. The van der Waals surface area contributed by atoms with Gasteiger partial charge in [0.15, 0.2) is 0 Å². The molecule has 10 heteroatoms. The number of carbonyl (C=O) groups excluding carboxylic acids is 2. The highest BCUT2D eigenvalue weighted by atomic mass is 35.5. The molecule has 0 radical (unpaired) electrons. The molecule has 0 aromatic heterocycles. The average Bonchev–Trinajstić information content (AvgIpc) is 3.58. The second-order valence-corrected chi connectivity index (χ2v) is 21.6. The molecule has 4 aliphatic carbocycles. The smallest absolute Gasteiger partial charge is 0.306 e. The molecule has 1 amide bonds. The summed E-state index contributed by atoms with van der Waals surface area (Å²) >= 11 is 0. The zero-order chi connectivity index (χ0) is 43.4. The highest BCUT2D eigenvalue weighted by molar-refractivity contribution is 5.86. The fourth-order valence-corrected chi connectivity index (χ4v) is 13.1. The van der Waals surface area contributed by atoms with Crippen LogP contribution in [0.2, 0.25) is 0 Å². The van der Waals surface area contributed by atoms with E-state index < -0.39 is 0 Å². The molecule has 3 fully saturated rings. The number of hydrogen-bond donors (Lipinski definition) is 3. The standard InChI is InChI=1S/C52H96N4O3.3ClH/c1-11-40(38(6)7)22-21-39(8)44-25-26-45-43-24-23-41-37-42(27-29-49(41,9)46(43)28-30-50(44,45)10)59-48(58)20-18-19-47(57)56(36-32-52(54,14-4)15-5)35-17-16-33-55-34-31-51(53,12-2)13-3;;;/h23,38-40,42-46,55H,11-22,24-37,53-54H2,1-10H3;3*1H/t39-,40-,42?,43?,44?,45?,46?,49?,50?;;;/m1.../s1. The number of nitrogens with zero attached hydrogens (tertiary/aromatic N) is 1. The molecule has 0 aromatic rings. The van der Waals surface area contributed by atoms with Crippen LogP contribution in [-0.4, -0.2) is 60.1 Å². The first-order valence-electron chi connectivity index (χ1n) is 25.5. The molecule has 7 nitrogen and oxygen atoms in total. The molecule has 62 heavy (non-hydrogen) atoms. The summed E-state index contributed by atoms with van der Waals surface area (Å²) in [5, 5.41) is 3.56. The highest BCUT2D eigenvalue weighted by Gasteiger charge is 2.59. The summed E-state index contributed by atoms with van der Waals surface area (Å²) in [6.45, 7) is 26.9. The summed E-state index contributed by atoms with van der Waals surface area (Å²) in [6.07, 6.45) is 25.2. The number of unbranched alkanes of at least 4 members (excludes halogenated alkanes) is 1. The lowest BCUT2D eigenvalue weighted by molar-refractivity contribution is -0.151. The zero-order valence-corrected chi connectivity index (χ0v) is 44.1. The lowest BCUT2D eigenvalue weighted by Gasteiger charge is -2.58. The molecule has 7 unspecified atom stereocenters. The van der Waals surface area contributed by atoms with Gasteiger partial charge in [0, 0.05) is 43.4 Å². The minimum Gasteiger partial charge on any atom is -0.462 e. The Labute approximate surface area is 401 Å². The van der Waals surface area contributed by atoms with E-state index in [4.69, 9.17) is 16.2 Å². The summed E-state index contributed by atoms with van der Waals surface area (Å²) in [7, 11) is 0. The first-order chi connectivity index (χ1) is 28.0. The van der Waals surface area contributed by atoms with Crippen LogP contribution in [0.4, 0.5) is 0 Å². The number of ether oxygens (including phenoxy) is 1. The monoisotopic (exact) mass is 933 g/mol. The van der Waals surface area contributed by atoms with E-state index in [9.17, 15) is 9.59 Å². The number of esters is 1. The number of allylic oxidation sites excluding steroid dienone is 1. The predicted octanol–water partition coefficient (Wildman–Crippen LogP) is 13.0. The number of nitrogens with one attached hydrogen (secondary N) is 1. The Morgan fingerprint density at radius 3 is 2.10 bits per heavy atom. The molecule has 366 valence electrons. The average molecular weight is 935 g/mol. The van der Waals surface area contributed by atoms with Crippen LogP contribution in [-0.2, 0) is 14.3 Å². The molecule has 0 spiro atoms. The molecule has 3 saturated carbocycles. The quantitative estimate of drug-likeness (QED) is 0.0453. The van der Waals surface area contributed by atoms with Gasteiger partial charge in [-0.15, -0.1) is 37.2 Å². The van der Waals surface area contributed by atoms with E-state index in [1.165, 1.54) is 51.4 Å². The van der Waals surface area contributed by atoms with Crippen molar-refractivity contribution in [2.75, 3.05) is 26.2 Å². The third-order valence-electron chi connectivity index (χ3n) is 18.2. The fourth-order valence-electron chi connectivity index (χ4n) is 13.1. The van der Waals surface area contributed by atoms with Crippen molar-refractivity contribution in [3.8, 4) is 0 Å². The van der Waals surface area contributed by atoms with Gasteiger partial charge in [-0.3, -0.25) is 9.59 Å². The van der Waals surface area contributed by atoms with Gasteiger partial charge in [0.2, 0.25) is 5.91 Å². The van der Waals surface area contributed by atoms with Gasteiger partial charge in [0.05, 0.1) is 0 Å². The largest absolute Gasteiger partial charge is 0.462 e. The van der Waals surface area contributed by atoms with Crippen LogP contribution in [0, 0.1) is 52.3 Å². The SMILES string of the molecule is CC[C@H](CC[C@@H](C)C1CCC2C3CC=C4CC(OC(=O)CCCC(=O)N(CCCCNCCC(N)(CC)CC)CCC(N)(CC)CC)CCC4(C)C3CCC21C)C(C)C.Cl.Cl.Cl. The molecule has 0 aromatic carbocycles. The number of hydrogen-bond acceptors (Lipinski definition) is 6. The maximum Gasteiger partial charge on any atom is 0.306 e. The summed E-state index contributed by atoms with van der Waals surface area (Å²) in [4.78, 5) is 28.8. The van der Waals surface area contributed by atoms with Crippen LogP contribution in [0.5, 0.6) is 0 Å². The fraction of sp³-hybridized carbons (Fsp3) is 0.923. The van der Waals surface area contributed by atoms with Crippen LogP contribution >= 0.6 is 37.2 Å². The van der Waals surface area contributed by atoms with Gasteiger partial charge >= 0.3 is 5.97 Å². The van der Waals surface area contributed by atoms with Crippen LogP contribution in [0.1, 0.15) is 210 Å². The molecule has 4 rings (SSSR count). The topological polar surface area (TPSA) is 111 Å². The van der Waals surface area contributed by atoms with E-state index in [0.717, 1.165) is 132 Å². The Morgan fingerprint density at radius 1 is 0.806 bits per heavy atom. The number of nitrogens with two attached hydrogens (primary N) is 2. The van der Waals surface area contributed by atoms with Crippen molar-refractivity contribution in [2.24, 2.45) is 63.7 Å². The van der Waals surface area contributed by atoms with E-state index in [1.54, 1.807) is 5.57 Å². The van der Waals surface area contributed by atoms with Crippen molar-refractivity contribution in [3.05, 3.63) is 11.6 Å². The van der Waals surface area contributed by atoms with E-state index in [0.29, 0.717) is 31.2 Å². The Hall–Kier alpha value is -0.570. The van der Waals surface area contributed by atoms with Gasteiger partial charge in [-0.25, -0.2) is 0 Å². The van der Waals surface area contributed by atoms with Gasteiger partial charge < -0.3 is 26.4 Å². The predicted molar refractivity (Wildman–Crippen MR) is 271 cm³/mol. The summed E-state index contributed by atoms with van der Waals surface area (Å²) in [5.41, 5.74) is 15.1. The summed E-state index contributed by atoms with van der Waals surface area (Å²) in [5.74, 6) is 5.78. The van der Waals surface area contributed by atoms with Gasteiger partial charge in [-0.2, -0.15) is 0 Å². The van der Waals surface area contributed by atoms with Crippen molar-refractivity contribution in [3.63, 3.8) is 0 Å². The Bertz CT molecular complexity index is 1340. The highest BCUT2D eigenvalue weighted by Crippen LogP contribution is 2.67. The molecule has 0 aliphatic heterocycles. The third-order valence-corrected chi connectivity index (χ3v) is 18.2. The second kappa shape index (κ2) is 27.3. The van der Waals surface area contributed by atoms with E-state index in [2.05, 4.69) is 80.6 Å². The Kier molecular flexibility index (Phi) is 26.2. The summed E-state index contributed by atoms with van der Waals surface area (Å²) in [6, 6.07) is 0.